The van der Waals surface area contributed by atoms with Crippen LogP contribution in [0.4, 0.5) is 0 Å². The normalized spacial score (nSPS) is 14.8. The fourth-order valence-electron chi connectivity index (χ4n) is 2.60. The van der Waals surface area contributed by atoms with Gasteiger partial charge in [0.15, 0.2) is 11.5 Å². The van der Waals surface area contributed by atoms with Crippen molar-refractivity contribution in [3.63, 3.8) is 0 Å². The molecule has 0 amide bonds. The van der Waals surface area contributed by atoms with Crippen LogP contribution in [-0.4, -0.2) is 52.4 Å². The summed E-state index contributed by atoms with van der Waals surface area (Å²) in [5, 5.41) is 0. The Hall–Kier alpha value is -1.47. The van der Waals surface area contributed by atoms with Gasteiger partial charge < -0.3 is 14.2 Å². The van der Waals surface area contributed by atoms with Crippen LogP contribution in [0, 0.1) is 0 Å². The highest BCUT2D eigenvalue weighted by molar-refractivity contribution is 7.89. The molecule has 1 aromatic carbocycles. The zero-order valence-corrected chi connectivity index (χ0v) is 15.0. The Morgan fingerprint density at radius 3 is 2.04 bits per heavy atom. The lowest BCUT2D eigenvalue weighted by Gasteiger charge is -2.21. The number of rotatable bonds is 9. The number of ether oxygens (including phenoxy) is 3. The predicted molar refractivity (Wildman–Crippen MR) is 89.0 cm³/mol. The summed E-state index contributed by atoms with van der Waals surface area (Å²) in [4.78, 5) is 0. The quantitative estimate of drug-likeness (QED) is 0.687. The molecule has 1 saturated carbocycles. The fraction of sp³-hybridized carbons (Fsp3) is 0.625. The Balaban J connectivity index is 2.19. The minimum Gasteiger partial charge on any atom is -0.493 e. The first kappa shape index (κ1) is 17.9. The fourth-order valence-corrected chi connectivity index (χ4v) is 3.96. The Bertz CT molecular complexity index is 615. The predicted octanol–water partition coefficient (Wildman–Crippen LogP) is 2.07. The van der Waals surface area contributed by atoms with Crippen LogP contribution < -0.4 is 14.2 Å². The highest BCUT2D eigenvalue weighted by atomic mass is 32.2. The van der Waals surface area contributed by atoms with Crippen LogP contribution >= 0.6 is 0 Å². The van der Waals surface area contributed by atoms with Crippen molar-refractivity contribution in [1.82, 2.24) is 4.31 Å². The first-order chi connectivity index (χ1) is 11.0. The van der Waals surface area contributed by atoms with Gasteiger partial charge in [0.05, 0.1) is 27.1 Å². The zero-order valence-electron chi connectivity index (χ0n) is 14.2. The van der Waals surface area contributed by atoms with Crippen molar-refractivity contribution in [1.29, 1.82) is 0 Å². The van der Waals surface area contributed by atoms with Crippen molar-refractivity contribution >= 4 is 10.0 Å². The smallest absolute Gasteiger partial charge is 0.214 e. The van der Waals surface area contributed by atoms with Crippen LogP contribution in [0.3, 0.4) is 0 Å². The van der Waals surface area contributed by atoms with Gasteiger partial charge in [-0.1, -0.05) is 0 Å². The van der Waals surface area contributed by atoms with Gasteiger partial charge in [0.2, 0.25) is 15.8 Å². The molecule has 0 aliphatic heterocycles. The molecule has 0 saturated heterocycles. The van der Waals surface area contributed by atoms with Gasteiger partial charge in [-0.15, -0.1) is 0 Å². The van der Waals surface area contributed by atoms with Crippen LogP contribution in [0.25, 0.3) is 0 Å². The molecule has 0 bridgehead atoms. The first-order valence-electron chi connectivity index (χ1n) is 7.75. The van der Waals surface area contributed by atoms with Crippen LogP contribution in [0.5, 0.6) is 17.2 Å². The summed E-state index contributed by atoms with van der Waals surface area (Å²) in [6.07, 6.45) is 2.51. The summed E-state index contributed by atoms with van der Waals surface area (Å²) >= 11 is 0. The van der Waals surface area contributed by atoms with E-state index in [1.807, 2.05) is 12.1 Å². The lowest BCUT2D eigenvalue weighted by Crippen LogP contribution is -2.36. The lowest BCUT2D eigenvalue weighted by molar-refractivity contribution is 0.323. The number of methoxy groups -OCH3 is 3. The maximum Gasteiger partial charge on any atom is 0.214 e. The molecule has 0 aromatic heterocycles. The monoisotopic (exact) mass is 343 g/mol. The van der Waals surface area contributed by atoms with Gasteiger partial charge in [-0.25, -0.2) is 8.42 Å². The molecule has 0 atom stereocenters. The molecule has 130 valence electrons. The van der Waals surface area contributed by atoms with Crippen LogP contribution in [-0.2, 0) is 16.4 Å². The van der Waals surface area contributed by atoms with Gasteiger partial charge in [0.1, 0.15) is 0 Å². The minimum absolute atomic E-state index is 0.138. The lowest BCUT2D eigenvalue weighted by atomic mass is 10.1. The molecule has 7 heteroatoms. The van der Waals surface area contributed by atoms with Crippen molar-refractivity contribution < 1.29 is 22.6 Å². The number of sulfonamides is 1. The summed E-state index contributed by atoms with van der Waals surface area (Å²) in [5.41, 5.74) is 0.955. The molecule has 1 aromatic rings. The summed E-state index contributed by atoms with van der Waals surface area (Å²) in [6.45, 7) is 2.16. The molecular weight excluding hydrogens is 318 g/mol. The van der Waals surface area contributed by atoms with Crippen molar-refractivity contribution in [2.75, 3.05) is 33.6 Å². The van der Waals surface area contributed by atoms with E-state index in [1.54, 1.807) is 32.6 Å². The first-order valence-corrected chi connectivity index (χ1v) is 9.36. The summed E-state index contributed by atoms with van der Waals surface area (Å²) in [7, 11) is 1.53. The Morgan fingerprint density at radius 1 is 1.09 bits per heavy atom. The second kappa shape index (κ2) is 7.40. The summed E-state index contributed by atoms with van der Waals surface area (Å²) in [6, 6.07) is 3.90. The van der Waals surface area contributed by atoms with Crippen molar-refractivity contribution in [3.05, 3.63) is 17.7 Å². The topological polar surface area (TPSA) is 65.1 Å². The second-order valence-corrected chi connectivity index (χ2v) is 7.74. The molecule has 1 aliphatic carbocycles. The Kier molecular flexibility index (Phi) is 5.75. The van der Waals surface area contributed by atoms with E-state index in [2.05, 4.69) is 0 Å². The van der Waals surface area contributed by atoms with Crippen LogP contribution in [0.15, 0.2) is 12.1 Å². The highest BCUT2D eigenvalue weighted by Crippen LogP contribution is 2.38. The number of benzene rings is 1. The molecule has 0 spiro atoms. The number of nitrogens with zero attached hydrogens (tertiary/aromatic N) is 1. The molecule has 0 radical (unpaired) electrons. The van der Waals surface area contributed by atoms with E-state index in [0.717, 1.165) is 18.4 Å². The largest absolute Gasteiger partial charge is 0.493 e. The Labute approximate surface area is 138 Å². The van der Waals surface area contributed by atoms with E-state index in [0.29, 0.717) is 30.2 Å². The number of hydrogen-bond donors (Lipinski definition) is 0. The van der Waals surface area contributed by atoms with Gasteiger partial charge in [0, 0.05) is 12.6 Å². The molecule has 0 N–H and O–H groups in total. The van der Waals surface area contributed by atoms with Crippen LogP contribution in [0.2, 0.25) is 0 Å². The van der Waals surface area contributed by atoms with Gasteiger partial charge in [-0.2, -0.15) is 4.31 Å². The van der Waals surface area contributed by atoms with Crippen molar-refractivity contribution in [2.24, 2.45) is 0 Å². The minimum atomic E-state index is -3.17. The van der Waals surface area contributed by atoms with Crippen LogP contribution in [0.1, 0.15) is 25.3 Å². The van der Waals surface area contributed by atoms with Gasteiger partial charge in [-0.3, -0.25) is 0 Å². The SMILES string of the molecule is CCS(=O)(=O)N(CCc1cc(OC)c(OC)c(OC)c1)C1CC1. The average Bonchev–Trinajstić information content (AvgIpc) is 3.38. The molecule has 0 heterocycles. The Morgan fingerprint density at radius 2 is 1.65 bits per heavy atom. The molecule has 6 nitrogen and oxygen atoms in total. The third kappa shape index (κ3) is 4.09. The maximum atomic E-state index is 12.2. The van der Waals surface area contributed by atoms with Crippen molar-refractivity contribution in [2.45, 2.75) is 32.2 Å². The van der Waals surface area contributed by atoms with E-state index in [1.165, 1.54) is 0 Å². The zero-order chi connectivity index (χ0) is 17.0. The van der Waals surface area contributed by atoms with Crippen molar-refractivity contribution in [3.8, 4) is 17.2 Å². The molecule has 1 fully saturated rings. The average molecular weight is 343 g/mol. The van der Waals surface area contributed by atoms with E-state index >= 15 is 0 Å². The third-order valence-electron chi connectivity index (χ3n) is 4.02. The third-order valence-corrected chi connectivity index (χ3v) is 5.95. The molecule has 1 aliphatic rings. The molecular formula is C16H25NO5S. The second-order valence-electron chi connectivity index (χ2n) is 5.53. The van der Waals surface area contributed by atoms with Gasteiger partial charge in [0.25, 0.3) is 0 Å². The van der Waals surface area contributed by atoms with Gasteiger partial charge >= 0.3 is 0 Å². The summed E-state index contributed by atoms with van der Waals surface area (Å²) < 4.78 is 42.0. The van der Waals surface area contributed by atoms with E-state index < -0.39 is 10.0 Å². The van der Waals surface area contributed by atoms with Gasteiger partial charge in [-0.05, 0) is 43.9 Å². The summed E-state index contributed by atoms with van der Waals surface area (Å²) in [5.74, 6) is 1.84. The van der Waals surface area contributed by atoms with E-state index in [4.69, 9.17) is 14.2 Å². The molecule has 23 heavy (non-hydrogen) atoms. The standard InChI is InChI=1S/C16H25NO5S/c1-5-23(18,19)17(13-6-7-13)9-8-12-10-14(20-2)16(22-4)15(11-12)21-3/h10-11,13H,5-9H2,1-4H3. The number of hydrogen-bond acceptors (Lipinski definition) is 5. The van der Waals surface area contributed by atoms with E-state index in [9.17, 15) is 8.42 Å². The molecule has 2 rings (SSSR count). The highest BCUT2D eigenvalue weighted by Gasteiger charge is 2.35. The van der Waals surface area contributed by atoms with E-state index in [-0.39, 0.29) is 11.8 Å². The maximum absolute atomic E-state index is 12.2. The molecule has 0 unspecified atom stereocenters.